The summed E-state index contributed by atoms with van der Waals surface area (Å²) in [6, 6.07) is 12.7. The molecule has 2 aromatic carbocycles. The van der Waals surface area contributed by atoms with Crippen molar-refractivity contribution in [1.29, 1.82) is 0 Å². The molecule has 0 aliphatic carbocycles. The van der Waals surface area contributed by atoms with Gasteiger partial charge in [0.2, 0.25) is 0 Å². The number of halogens is 1. The van der Waals surface area contributed by atoms with Gasteiger partial charge in [-0.15, -0.1) is 0 Å². The number of thiocarbonyl (C=S) groups is 1. The van der Waals surface area contributed by atoms with Crippen LogP contribution in [0.2, 0.25) is 5.02 Å². The molecular formula is C19H16ClNO3S2. The number of nitrogens with zero attached hydrogens (tertiary/aromatic N) is 1. The summed E-state index contributed by atoms with van der Waals surface area (Å²) in [7, 11) is 1.58. The Morgan fingerprint density at radius 2 is 2.00 bits per heavy atom. The smallest absolute Gasteiger partial charge is 0.270 e. The van der Waals surface area contributed by atoms with Crippen molar-refractivity contribution in [3.63, 3.8) is 0 Å². The number of anilines is 1. The van der Waals surface area contributed by atoms with Gasteiger partial charge in [0.25, 0.3) is 5.91 Å². The van der Waals surface area contributed by atoms with Crippen molar-refractivity contribution in [2.75, 3.05) is 18.6 Å². The second kappa shape index (κ2) is 8.12. The Kier molecular flexibility index (Phi) is 5.86. The lowest BCUT2D eigenvalue weighted by Crippen LogP contribution is -2.27. The predicted octanol–water partition coefficient (Wildman–Crippen LogP) is 5.15. The van der Waals surface area contributed by atoms with Crippen molar-refractivity contribution in [3.8, 4) is 11.5 Å². The highest BCUT2D eigenvalue weighted by Gasteiger charge is 2.34. The van der Waals surface area contributed by atoms with Gasteiger partial charge in [-0.3, -0.25) is 9.69 Å². The van der Waals surface area contributed by atoms with Crippen LogP contribution in [0, 0.1) is 0 Å². The first-order valence-electron chi connectivity index (χ1n) is 7.88. The Labute approximate surface area is 166 Å². The zero-order valence-corrected chi connectivity index (χ0v) is 16.6. The van der Waals surface area contributed by atoms with Crippen molar-refractivity contribution < 1.29 is 14.3 Å². The van der Waals surface area contributed by atoms with Crippen LogP contribution in [0.15, 0.2) is 47.4 Å². The highest BCUT2D eigenvalue weighted by atomic mass is 35.5. The Balaban J connectivity index is 1.92. The largest absolute Gasteiger partial charge is 0.493 e. The first-order valence-corrected chi connectivity index (χ1v) is 9.48. The molecule has 0 aromatic heterocycles. The van der Waals surface area contributed by atoms with Gasteiger partial charge in [0.1, 0.15) is 0 Å². The van der Waals surface area contributed by atoms with E-state index < -0.39 is 0 Å². The first-order chi connectivity index (χ1) is 12.5. The molecule has 7 heteroatoms. The Hall–Kier alpha value is -2.02. The normalized spacial score (nSPS) is 15.7. The molecule has 0 atom stereocenters. The van der Waals surface area contributed by atoms with Crippen molar-refractivity contribution in [2.24, 2.45) is 0 Å². The lowest BCUT2D eigenvalue weighted by molar-refractivity contribution is -0.113. The minimum atomic E-state index is -0.194. The number of ether oxygens (including phenoxy) is 2. The molecule has 1 heterocycles. The molecule has 0 bridgehead atoms. The minimum Gasteiger partial charge on any atom is -0.493 e. The fourth-order valence-corrected chi connectivity index (χ4v) is 4.01. The summed E-state index contributed by atoms with van der Waals surface area (Å²) in [5.74, 6) is 1.08. The summed E-state index contributed by atoms with van der Waals surface area (Å²) < 4.78 is 11.3. The molecule has 1 fully saturated rings. The molecule has 26 heavy (non-hydrogen) atoms. The van der Waals surface area contributed by atoms with E-state index in [2.05, 4.69) is 0 Å². The highest BCUT2D eigenvalue weighted by Crippen LogP contribution is 2.39. The van der Waals surface area contributed by atoms with Crippen LogP contribution in [0.25, 0.3) is 6.08 Å². The zero-order valence-electron chi connectivity index (χ0n) is 14.2. The number of benzene rings is 2. The Bertz CT molecular complexity index is 898. The van der Waals surface area contributed by atoms with E-state index in [0.717, 1.165) is 5.56 Å². The zero-order chi connectivity index (χ0) is 18.7. The lowest BCUT2D eigenvalue weighted by atomic mass is 10.2. The molecule has 3 rings (SSSR count). The van der Waals surface area contributed by atoms with Crippen LogP contribution in [0.1, 0.15) is 12.5 Å². The molecule has 0 N–H and O–H groups in total. The number of para-hydroxylation sites is 1. The summed E-state index contributed by atoms with van der Waals surface area (Å²) in [6.45, 7) is 2.46. The van der Waals surface area contributed by atoms with Gasteiger partial charge in [0.15, 0.2) is 15.8 Å². The number of hydrogen-bond acceptors (Lipinski definition) is 5. The molecule has 1 saturated heterocycles. The summed E-state index contributed by atoms with van der Waals surface area (Å²) in [5.41, 5.74) is 1.41. The average molecular weight is 406 g/mol. The van der Waals surface area contributed by atoms with Crippen molar-refractivity contribution in [2.45, 2.75) is 6.92 Å². The molecule has 0 unspecified atom stereocenters. The maximum absolute atomic E-state index is 12.8. The maximum Gasteiger partial charge on any atom is 0.270 e. The highest BCUT2D eigenvalue weighted by molar-refractivity contribution is 8.27. The number of carbonyl (C=O) groups excluding carboxylic acids is 1. The molecular weight excluding hydrogens is 390 g/mol. The van der Waals surface area contributed by atoms with Crippen LogP contribution < -0.4 is 14.4 Å². The molecule has 2 aromatic rings. The fourth-order valence-electron chi connectivity index (χ4n) is 2.51. The standard InChI is InChI=1S/C19H16ClNO3S2/c1-3-24-15-9-8-12(10-16(15)23-2)11-17-18(22)21(19(25)26-17)14-7-5-4-6-13(14)20/h4-11H,3H2,1-2H3. The molecule has 0 saturated carbocycles. The minimum absolute atomic E-state index is 0.194. The second-order valence-electron chi connectivity index (χ2n) is 5.31. The SMILES string of the molecule is CCOc1ccc(C=C2SC(=S)N(c3ccccc3Cl)C2=O)cc1OC. The fraction of sp³-hybridized carbons (Fsp3) is 0.158. The van der Waals surface area contributed by atoms with E-state index >= 15 is 0 Å². The van der Waals surface area contributed by atoms with Crippen LogP contribution >= 0.6 is 35.6 Å². The molecule has 1 amide bonds. The van der Waals surface area contributed by atoms with Crippen LogP contribution in [0.5, 0.6) is 11.5 Å². The third-order valence-electron chi connectivity index (χ3n) is 3.67. The van der Waals surface area contributed by atoms with Crippen molar-refractivity contribution in [3.05, 3.63) is 58.0 Å². The number of methoxy groups -OCH3 is 1. The quantitative estimate of drug-likeness (QED) is 0.508. The number of carbonyl (C=O) groups is 1. The van der Waals surface area contributed by atoms with Gasteiger partial charge in [-0.25, -0.2) is 0 Å². The van der Waals surface area contributed by atoms with Crippen LogP contribution in [0.4, 0.5) is 5.69 Å². The third kappa shape index (κ3) is 3.72. The van der Waals surface area contributed by atoms with E-state index in [1.165, 1.54) is 16.7 Å². The molecule has 1 aliphatic rings. The van der Waals surface area contributed by atoms with Crippen molar-refractivity contribution >= 4 is 57.6 Å². The molecule has 4 nitrogen and oxygen atoms in total. The lowest BCUT2D eigenvalue weighted by Gasteiger charge is -2.15. The average Bonchev–Trinajstić information content (AvgIpc) is 2.90. The van der Waals surface area contributed by atoms with Crippen molar-refractivity contribution in [1.82, 2.24) is 0 Å². The van der Waals surface area contributed by atoms with Gasteiger partial charge < -0.3 is 9.47 Å². The molecule has 0 radical (unpaired) electrons. The summed E-state index contributed by atoms with van der Waals surface area (Å²) >= 11 is 12.8. The van der Waals surface area contributed by atoms with E-state index in [0.29, 0.717) is 38.0 Å². The van der Waals surface area contributed by atoms with Gasteiger partial charge >= 0.3 is 0 Å². The Morgan fingerprint density at radius 1 is 1.23 bits per heavy atom. The third-order valence-corrected chi connectivity index (χ3v) is 5.29. The summed E-state index contributed by atoms with van der Waals surface area (Å²) in [6.07, 6.45) is 1.79. The topological polar surface area (TPSA) is 38.8 Å². The summed E-state index contributed by atoms with van der Waals surface area (Å²) in [5, 5.41) is 0.479. The summed E-state index contributed by atoms with van der Waals surface area (Å²) in [4.78, 5) is 14.8. The second-order valence-corrected chi connectivity index (χ2v) is 7.39. The van der Waals surface area contributed by atoms with E-state index in [4.69, 9.17) is 33.3 Å². The van der Waals surface area contributed by atoms with Crippen LogP contribution in [-0.4, -0.2) is 23.9 Å². The van der Waals surface area contributed by atoms with Gasteiger partial charge in [-0.05, 0) is 42.8 Å². The predicted molar refractivity (Wildman–Crippen MR) is 111 cm³/mol. The molecule has 1 aliphatic heterocycles. The number of hydrogen-bond donors (Lipinski definition) is 0. The van der Waals surface area contributed by atoms with E-state index in [9.17, 15) is 4.79 Å². The number of rotatable bonds is 5. The van der Waals surface area contributed by atoms with E-state index in [1.807, 2.05) is 37.3 Å². The van der Waals surface area contributed by atoms with E-state index in [-0.39, 0.29) is 5.91 Å². The number of thioether (sulfide) groups is 1. The van der Waals surface area contributed by atoms with Gasteiger partial charge in [0, 0.05) is 0 Å². The molecule has 134 valence electrons. The Morgan fingerprint density at radius 3 is 2.69 bits per heavy atom. The molecule has 0 spiro atoms. The first kappa shape index (κ1) is 18.8. The monoisotopic (exact) mass is 405 g/mol. The van der Waals surface area contributed by atoms with Gasteiger partial charge in [0.05, 0.1) is 29.3 Å². The number of amides is 1. The van der Waals surface area contributed by atoms with Gasteiger partial charge in [-0.1, -0.05) is 53.8 Å². The van der Waals surface area contributed by atoms with E-state index in [1.54, 1.807) is 25.3 Å². The maximum atomic E-state index is 12.8. The van der Waals surface area contributed by atoms with Crippen LogP contribution in [-0.2, 0) is 4.79 Å². The van der Waals surface area contributed by atoms with Gasteiger partial charge in [-0.2, -0.15) is 0 Å². The van der Waals surface area contributed by atoms with Crippen LogP contribution in [0.3, 0.4) is 0 Å².